The molecule has 0 aromatic carbocycles. The van der Waals surface area contributed by atoms with Gasteiger partial charge in [-0.3, -0.25) is 14.4 Å². The van der Waals surface area contributed by atoms with E-state index in [2.05, 4.69) is 25.9 Å². The average Bonchev–Trinajstić information content (AvgIpc) is 3.41. The van der Waals surface area contributed by atoms with Crippen LogP contribution < -0.4 is 21.7 Å². The van der Waals surface area contributed by atoms with E-state index in [9.17, 15) is 14.4 Å². The van der Waals surface area contributed by atoms with Gasteiger partial charge in [0.15, 0.2) is 10.9 Å². The van der Waals surface area contributed by atoms with Crippen molar-refractivity contribution in [2.45, 2.75) is 13.3 Å². The average molecular weight is 488 g/mol. The lowest BCUT2D eigenvalue weighted by molar-refractivity contribution is 0.0942. The van der Waals surface area contributed by atoms with Gasteiger partial charge in [0, 0.05) is 33.0 Å². The number of imidazole rings is 1. The molecule has 0 saturated heterocycles. The van der Waals surface area contributed by atoms with Gasteiger partial charge in [0.05, 0.1) is 11.4 Å². The molecule has 3 amide bonds. The van der Waals surface area contributed by atoms with E-state index in [4.69, 9.17) is 5.73 Å². The van der Waals surface area contributed by atoms with Crippen LogP contribution in [0.15, 0.2) is 18.5 Å². The second kappa shape index (κ2) is 10.5. The number of anilines is 3. The number of hydrogen-bond donors (Lipinski definition) is 4. The monoisotopic (exact) mass is 487 g/mol. The minimum absolute atomic E-state index is 0.0920. The first-order chi connectivity index (χ1) is 16.0. The first-order valence-electron chi connectivity index (χ1n) is 10.5. The molecule has 3 heterocycles. The molecule has 0 aliphatic rings. The van der Waals surface area contributed by atoms with Gasteiger partial charge in [-0.1, -0.05) is 11.3 Å². The molecular weight excluding hydrogens is 458 g/mol. The molecule has 12 nitrogen and oxygen atoms in total. The third kappa shape index (κ3) is 5.99. The fourth-order valence-electron chi connectivity index (χ4n) is 3.27. The summed E-state index contributed by atoms with van der Waals surface area (Å²) in [5, 5.41) is 8.57. The van der Waals surface area contributed by atoms with Crippen molar-refractivity contribution >= 4 is 45.7 Å². The molecule has 0 radical (unpaired) electrons. The van der Waals surface area contributed by atoms with Crippen LogP contribution in [0.4, 0.5) is 16.6 Å². The Kier molecular flexibility index (Phi) is 7.68. The maximum absolute atomic E-state index is 12.8. The number of rotatable bonds is 9. The smallest absolute Gasteiger partial charge is 0.291 e. The third-order valence-corrected chi connectivity index (χ3v) is 5.89. The molecule has 0 aliphatic heterocycles. The Bertz CT molecular complexity index is 1210. The Morgan fingerprint density at radius 1 is 1.06 bits per heavy atom. The summed E-state index contributed by atoms with van der Waals surface area (Å²) in [7, 11) is 7.33. The molecular formula is C21H29N9O3S. The van der Waals surface area contributed by atoms with Gasteiger partial charge in [0.25, 0.3) is 17.7 Å². The van der Waals surface area contributed by atoms with Crippen molar-refractivity contribution in [3.05, 3.63) is 40.5 Å². The number of carbonyl (C=O) groups excluding carboxylic acids is 3. The van der Waals surface area contributed by atoms with Crippen LogP contribution in [0.2, 0.25) is 0 Å². The molecule has 3 rings (SSSR count). The van der Waals surface area contributed by atoms with Crippen molar-refractivity contribution in [3.8, 4) is 0 Å². The largest absolute Gasteiger partial charge is 0.375 e. The summed E-state index contributed by atoms with van der Waals surface area (Å²) in [6.45, 7) is 3.12. The highest BCUT2D eigenvalue weighted by Gasteiger charge is 2.20. The zero-order chi connectivity index (χ0) is 25.0. The van der Waals surface area contributed by atoms with Gasteiger partial charge >= 0.3 is 0 Å². The van der Waals surface area contributed by atoms with Crippen LogP contribution >= 0.6 is 11.3 Å². The van der Waals surface area contributed by atoms with Gasteiger partial charge < -0.3 is 35.7 Å². The second-order valence-electron chi connectivity index (χ2n) is 8.07. The minimum Gasteiger partial charge on any atom is -0.375 e. The van der Waals surface area contributed by atoms with E-state index in [0.29, 0.717) is 33.6 Å². The summed E-state index contributed by atoms with van der Waals surface area (Å²) < 4.78 is 3.14. The second-order valence-corrected chi connectivity index (χ2v) is 9.10. The number of amides is 3. The Morgan fingerprint density at radius 3 is 2.44 bits per heavy atom. The summed E-state index contributed by atoms with van der Waals surface area (Å²) in [5.41, 5.74) is 7.05. The Hall–Kier alpha value is -3.71. The zero-order valence-electron chi connectivity index (χ0n) is 19.8. The standard InChI is InChI=1S/C21H29N9O3S/c1-12-16(34-21(22)24-12)19(32)27-15-11-30(5)17(26-15)20(33)25-13-9-14(29(4)10-13)18(31)23-7-6-8-28(2)3/h9-11H,6-8H2,1-5H3,(H2,22,24)(H,23,31)(H,25,33)(H,27,32). The molecule has 0 aliphatic carbocycles. The molecule has 0 bridgehead atoms. The lowest BCUT2D eigenvalue weighted by atomic mass is 10.3. The van der Waals surface area contributed by atoms with Crippen LogP contribution in [-0.2, 0) is 14.1 Å². The number of aromatic nitrogens is 4. The van der Waals surface area contributed by atoms with Gasteiger partial charge in [-0.2, -0.15) is 0 Å². The molecule has 0 unspecified atom stereocenters. The van der Waals surface area contributed by atoms with Crippen LogP contribution in [0, 0.1) is 6.92 Å². The van der Waals surface area contributed by atoms with Crippen LogP contribution in [0.1, 0.15) is 42.9 Å². The Morgan fingerprint density at radius 2 is 1.79 bits per heavy atom. The van der Waals surface area contributed by atoms with E-state index >= 15 is 0 Å². The number of carbonyl (C=O) groups is 3. The first kappa shape index (κ1) is 24.9. The Labute approximate surface area is 201 Å². The number of nitrogens with two attached hydrogens (primary N) is 1. The number of thiazole rings is 1. The van der Waals surface area contributed by atoms with Gasteiger partial charge in [0.2, 0.25) is 5.82 Å². The van der Waals surface area contributed by atoms with Crippen molar-refractivity contribution < 1.29 is 14.4 Å². The van der Waals surface area contributed by atoms with Crippen LogP contribution in [0.25, 0.3) is 0 Å². The number of hydrogen-bond acceptors (Lipinski definition) is 8. The van der Waals surface area contributed by atoms with E-state index in [-0.39, 0.29) is 17.5 Å². The van der Waals surface area contributed by atoms with Crippen LogP contribution in [-0.4, -0.2) is 68.9 Å². The highest BCUT2D eigenvalue weighted by molar-refractivity contribution is 7.17. The third-order valence-electron chi connectivity index (χ3n) is 4.90. The summed E-state index contributed by atoms with van der Waals surface area (Å²) >= 11 is 1.08. The molecule has 13 heteroatoms. The van der Waals surface area contributed by atoms with Gasteiger partial charge in [-0.05, 0) is 40.1 Å². The molecule has 182 valence electrons. The topological polar surface area (TPSA) is 152 Å². The number of nitrogens with zero attached hydrogens (tertiary/aromatic N) is 5. The van der Waals surface area contributed by atoms with E-state index < -0.39 is 11.8 Å². The van der Waals surface area contributed by atoms with Crippen molar-refractivity contribution in [3.63, 3.8) is 0 Å². The molecule has 3 aromatic rings. The lowest BCUT2D eigenvalue weighted by Crippen LogP contribution is -2.28. The quantitative estimate of drug-likeness (QED) is 0.332. The lowest BCUT2D eigenvalue weighted by Gasteiger charge is -2.10. The fourth-order valence-corrected chi connectivity index (χ4v) is 4.00. The van der Waals surface area contributed by atoms with Crippen molar-refractivity contribution in [2.75, 3.05) is 43.6 Å². The first-order valence-corrected chi connectivity index (χ1v) is 11.3. The number of aryl methyl sites for hydroxylation is 3. The van der Waals surface area contributed by atoms with E-state index in [1.165, 1.54) is 10.8 Å². The van der Waals surface area contributed by atoms with E-state index in [1.807, 2.05) is 19.0 Å². The van der Waals surface area contributed by atoms with E-state index in [0.717, 1.165) is 24.3 Å². The summed E-state index contributed by atoms with van der Waals surface area (Å²) in [6, 6.07) is 1.60. The van der Waals surface area contributed by atoms with Crippen molar-refractivity contribution in [1.29, 1.82) is 0 Å². The normalized spacial score (nSPS) is 11.0. The van der Waals surface area contributed by atoms with Gasteiger partial charge in [-0.15, -0.1) is 0 Å². The summed E-state index contributed by atoms with van der Waals surface area (Å²) in [5.74, 6) is -0.794. The van der Waals surface area contributed by atoms with Crippen LogP contribution in [0.3, 0.4) is 0 Å². The maximum atomic E-state index is 12.8. The predicted octanol–water partition coefficient (Wildman–Crippen LogP) is 1.29. The highest BCUT2D eigenvalue weighted by atomic mass is 32.1. The Balaban J connectivity index is 1.63. The maximum Gasteiger partial charge on any atom is 0.291 e. The van der Waals surface area contributed by atoms with Crippen molar-refractivity contribution in [2.24, 2.45) is 14.1 Å². The van der Waals surface area contributed by atoms with Crippen LogP contribution in [0.5, 0.6) is 0 Å². The number of nitrogens with one attached hydrogen (secondary N) is 3. The van der Waals surface area contributed by atoms with Gasteiger partial charge in [-0.25, -0.2) is 9.97 Å². The fraction of sp³-hybridized carbons (Fsp3) is 0.381. The van der Waals surface area contributed by atoms with E-state index in [1.54, 1.807) is 37.8 Å². The molecule has 0 fully saturated rings. The summed E-state index contributed by atoms with van der Waals surface area (Å²) in [6.07, 6.45) is 4.01. The number of nitrogen functional groups attached to an aromatic ring is 1. The highest BCUT2D eigenvalue weighted by Crippen LogP contribution is 2.21. The molecule has 5 N–H and O–H groups in total. The molecule has 3 aromatic heterocycles. The zero-order valence-corrected chi connectivity index (χ0v) is 20.6. The van der Waals surface area contributed by atoms with Gasteiger partial charge in [0.1, 0.15) is 10.6 Å². The SMILES string of the molecule is Cc1nc(N)sc1C(=O)Nc1cn(C)c(C(=O)Nc2cc(C(=O)NCCCN(C)C)n(C)c2)n1. The molecule has 0 atom stereocenters. The predicted molar refractivity (Wildman–Crippen MR) is 131 cm³/mol. The summed E-state index contributed by atoms with van der Waals surface area (Å²) in [4.78, 5) is 48.4. The molecule has 0 saturated carbocycles. The minimum atomic E-state index is -0.482. The molecule has 0 spiro atoms. The van der Waals surface area contributed by atoms with Crippen molar-refractivity contribution in [1.82, 2.24) is 29.3 Å². The molecule has 34 heavy (non-hydrogen) atoms.